The molecule has 0 aliphatic carbocycles. The summed E-state index contributed by atoms with van der Waals surface area (Å²) in [4.78, 5) is 26.3. The van der Waals surface area contributed by atoms with E-state index >= 15 is 0 Å². The molecular weight excluding hydrogens is 395 g/mol. The molecule has 1 N–H and O–H groups in total. The molecule has 3 rings (SSSR count). The minimum atomic E-state index is -0.402. The summed E-state index contributed by atoms with van der Waals surface area (Å²) in [6, 6.07) is 15.0. The van der Waals surface area contributed by atoms with Gasteiger partial charge in [-0.2, -0.15) is 5.10 Å². The number of anilines is 1. The summed E-state index contributed by atoms with van der Waals surface area (Å²) in [5.41, 5.74) is 2.14. The zero-order valence-electron chi connectivity index (χ0n) is 16.0. The largest absolute Gasteiger partial charge is 0.332 e. The SMILES string of the molecule is Cc1nn(Cc2ccc(F)cc2)c(Cl)c1C(=O)N(C)CC(=O)Nc1ccccc1. The third-order valence-corrected chi connectivity index (χ3v) is 4.69. The van der Waals surface area contributed by atoms with Crippen molar-refractivity contribution in [1.82, 2.24) is 14.7 Å². The number of nitrogens with one attached hydrogen (secondary N) is 1. The number of aromatic nitrogens is 2. The lowest BCUT2D eigenvalue weighted by molar-refractivity contribution is -0.116. The Balaban J connectivity index is 1.70. The van der Waals surface area contributed by atoms with Crippen molar-refractivity contribution in [2.45, 2.75) is 13.5 Å². The first-order chi connectivity index (χ1) is 13.8. The summed E-state index contributed by atoms with van der Waals surface area (Å²) in [6.45, 7) is 1.84. The van der Waals surface area contributed by atoms with Crippen molar-refractivity contribution in [1.29, 1.82) is 0 Å². The fourth-order valence-electron chi connectivity index (χ4n) is 2.86. The maximum atomic E-state index is 13.1. The third kappa shape index (κ3) is 5.00. The van der Waals surface area contributed by atoms with Crippen LogP contribution in [0.1, 0.15) is 21.6 Å². The Labute approximate surface area is 172 Å². The van der Waals surface area contributed by atoms with Gasteiger partial charge in [0.2, 0.25) is 5.91 Å². The molecule has 3 aromatic rings. The number of nitrogens with zero attached hydrogens (tertiary/aromatic N) is 3. The number of carbonyl (C=O) groups excluding carboxylic acids is 2. The molecule has 0 fully saturated rings. The second kappa shape index (κ2) is 8.87. The average Bonchev–Trinajstić information content (AvgIpc) is 2.96. The molecule has 0 unspecified atom stereocenters. The lowest BCUT2D eigenvalue weighted by atomic mass is 10.2. The van der Waals surface area contributed by atoms with Crippen LogP contribution in [0.5, 0.6) is 0 Å². The number of carbonyl (C=O) groups is 2. The van der Waals surface area contributed by atoms with Crippen molar-refractivity contribution in [3.8, 4) is 0 Å². The molecule has 1 heterocycles. The Morgan fingerprint density at radius 1 is 1.14 bits per heavy atom. The lowest BCUT2D eigenvalue weighted by Crippen LogP contribution is -2.35. The van der Waals surface area contributed by atoms with Gasteiger partial charge in [0.1, 0.15) is 11.0 Å². The molecule has 150 valence electrons. The molecule has 1 aromatic heterocycles. The first kappa shape index (κ1) is 20.5. The fraction of sp³-hybridized carbons (Fsp3) is 0.190. The van der Waals surface area contributed by atoms with E-state index in [0.29, 0.717) is 17.9 Å². The van der Waals surface area contributed by atoms with Gasteiger partial charge in [-0.05, 0) is 36.8 Å². The molecule has 2 amide bonds. The van der Waals surface area contributed by atoms with Gasteiger partial charge in [0.05, 0.1) is 24.3 Å². The molecule has 0 saturated heterocycles. The second-order valence-corrected chi connectivity index (χ2v) is 6.97. The van der Waals surface area contributed by atoms with Crippen LogP contribution in [0, 0.1) is 12.7 Å². The zero-order chi connectivity index (χ0) is 21.0. The highest BCUT2D eigenvalue weighted by atomic mass is 35.5. The number of hydrogen-bond acceptors (Lipinski definition) is 3. The minimum absolute atomic E-state index is 0.132. The Morgan fingerprint density at radius 3 is 2.45 bits per heavy atom. The van der Waals surface area contributed by atoms with Crippen LogP contribution >= 0.6 is 11.6 Å². The Bertz CT molecular complexity index is 1020. The van der Waals surface area contributed by atoms with Crippen molar-refractivity contribution in [3.05, 3.63) is 82.4 Å². The van der Waals surface area contributed by atoms with Gasteiger partial charge >= 0.3 is 0 Å². The van der Waals surface area contributed by atoms with E-state index in [1.807, 2.05) is 18.2 Å². The normalized spacial score (nSPS) is 10.6. The molecule has 0 aliphatic heterocycles. The number of halogens is 2. The zero-order valence-corrected chi connectivity index (χ0v) is 16.8. The van der Waals surface area contributed by atoms with Crippen LogP contribution in [0.4, 0.5) is 10.1 Å². The summed E-state index contributed by atoms with van der Waals surface area (Å²) in [6.07, 6.45) is 0. The first-order valence-corrected chi connectivity index (χ1v) is 9.30. The van der Waals surface area contributed by atoms with Gasteiger partial charge in [-0.25, -0.2) is 9.07 Å². The highest BCUT2D eigenvalue weighted by Gasteiger charge is 2.24. The number of amides is 2. The molecule has 8 heteroatoms. The Kier molecular flexibility index (Phi) is 6.29. The van der Waals surface area contributed by atoms with Crippen LogP contribution in [0.15, 0.2) is 54.6 Å². The van der Waals surface area contributed by atoms with Crippen molar-refractivity contribution >= 4 is 29.1 Å². The summed E-state index contributed by atoms with van der Waals surface area (Å²) >= 11 is 6.39. The average molecular weight is 415 g/mol. The molecule has 2 aromatic carbocycles. The summed E-state index contributed by atoms with van der Waals surface area (Å²) < 4.78 is 14.6. The molecule has 0 bridgehead atoms. The van der Waals surface area contributed by atoms with Crippen LogP contribution in [0.3, 0.4) is 0 Å². The van der Waals surface area contributed by atoms with E-state index in [2.05, 4.69) is 10.4 Å². The molecular formula is C21H20ClFN4O2. The topological polar surface area (TPSA) is 67.2 Å². The van der Waals surface area contributed by atoms with Gasteiger partial charge in [0.25, 0.3) is 5.91 Å². The second-order valence-electron chi connectivity index (χ2n) is 6.61. The number of rotatable bonds is 6. The summed E-state index contributed by atoms with van der Waals surface area (Å²) in [5, 5.41) is 7.23. The quantitative estimate of drug-likeness (QED) is 0.668. The molecule has 0 aliphatic rings. The summed E-state index contributed by atoms with van der Waals surface area (Å²) in [7, 11) is 1.53. The number of benzene rings is 2. The van der Waals surface area contributed by atoms with Crippen molar-refractivity contribution in [2.24, 2.45) is 0 Å². The van der Waals surface area contributed by atoms with E-state index in [0.717, 1.165) is 5.56 Å². The standard InChI is InChI=1S/C21H20ClFN4O2/c1-14-19(20(22)27(25-14)12-15-8-10-16(23)11-9-15)21(29)26(2)13-18(28)24-17-6-4-3-5-7-17/h3-11H,12-13H2,1-2H3,(H,24,28). The van der Waals surface area contributed by atoms with Crippen molar-refractivity contribution in [2.75, 3.05) is 18.9 Å². The summed E-state index contributed by atoms with van der Waals surface area (Å²) in [5.74, 6) is -1.05. The molecule has 0 atom stereocenters. The lowest BCUT2D eigenvalue weighted by Gasteiger charge is -2.17. The van der Waals surface area contributed by atoms with Crippen LogP contribution in [-0.4, -0.2) is 40.1 Å². The van der Waals surface area contributed by atoms with E-state index in [4.69, 9.17) is 11.6 Å². The fourth-order valence-corrected chi connectivity index (χ4v) is 3.18. The van der Waals surface area contributed by atoms with E-state index in [-0.39, 0.29) is 29.0 Å². The van der Waals surface area contributed by atoms with Gasteiger partial charge in [-0.1, -0.05) is 41.9 Å². The van der Waals surface area contributed by atoms with Gasteiger partial charge in [0.15, 0.2) is 0 Å². The van der Waals surface area contributed by atoms with Gasteiger partial charge in [-0.3, -0.25) is 9.59 Å². The number of para-hydroxylation sites is 1. The third-order valence-electron chi connectivity index (χ3n) is 4.31. The predicted octanol–water partition coefficient (Wildman–Crippen LogP) is 3.74. The van der Waals surface area contributed by atoms with E-state index in [9.17, 15) is 14.0 Å². The number of aryl methyl sites for hydroxylation is 1. The molecule has 29 heavy (non-hydrogen) atoms. The Morgan fingerprint density at radius 2 is 1.79 bits per heavy atom. The molecule has 6 nitrogen and oxygen atoms in total. The van der Waals surface area contributed by atoms with Gasteiger partial charge in [-0.15, -0.1) is 0 Å². The first-order valence-electron chi connectivity index (χ1n) is 8.93. The predicted molar refractivity (Wildman–Crippen MR) is 110 cm³/mol. The van der Waals surface area contributed by atoms with Crippen molar-refractivity contribution < 1.29 is 14.0 Å². The molecule has 0 spiro atoms. The maximum absolute atomic E-state index is 13.1. The number of likely N-dealkylation sites (N-methyl/N-ethyl adjacent to an activating group) is 1. The number of hydrogen-bond donors (Lipinski definition) is 1. The minimum Gasteiger partial charge on any atom is -0.332 e. The van der Waals surface area contributed by atoms with Gasteiger partial charge < -0.3 is 10.2 Å². The van der Waals surface area contributed by atoms with Crippen LogP contribution < -0.4 is 5.32 Å². The highest BCUT2D eigenvalue weighted by Crippen LogP contribution is 2.22. The maximum Gasteiger partial charge on any atom is 0.259 e. The van der Waals surface area contributed by atoms with Crippen molar-refractivity contribution in [3.63, 3.8) is 0 Å². The smallest absolute Gasteiger partial charge is 0.259 e. The van der Waals surface area contributed by atoms with Crippen LogP contribution in [0.2, 0.25) is 5.15 Å². The van der Waals surface area contributed by atoms with E-state index < -0.39 is 5.91 Å². The van der Waals surface area contributed by atoms with Crippen LogP contribution in [-0.2, 0) is 11.3 Å². The molecule has 0 radical (unpaired) electrons. The highest BCUT2D eigenvalue weighted by molar-refractivity contribution is 6.33. The monoisotopic (exact) mass is 414 g/mol. The van der Waals surface area contributed by atoms with Gasteiger partial charge in [0, 0.05) is 12.7 Å². The Hall–Kier alpha value is -3.19. The van der Waals surface area contributed by atoms with E-state index in [1.54, 1.807) is 31.2 Å². The molecule has 0 saturated carbocycles. The van der Waals surface area contributed by atoms with Crippen LogP contribution in [0.25, 0.3) is 0 Å². The van der Waals surface area contributed by atoms with E-state index in [1.165, 1.54) is 28.8 Å².